The first-order valence-corrected chi connectivity index (χ1v) is 2.54. The first-order valence-electron chi connectivity index (χ1n) is 2.54. The van der Waals surface area contributed by atoms with Crippen molar-refractivity contribution in [1.29, 1.82) is 5.26 Å². The molecule has 43 valence electrons. The number of nitrogens with one attached hydrogen (secondary N) is 1. The lowest BCUT2D eigenvalue weighted by molar-refractivity contribution is 0.358. The Morgan fingerprint density at radius 3 is 3.00 bits per heavy atom. The molecule has 1 unspecified atom stereocenters. The van der Waals surface area contributed by atoms with Gasteiger partial charge in [-0.25, -0.2) is 5.01 Å². The highest BCUT2D eigenvalue weighted by molar-refractivity contribution is 4.96. The Hall–Kier alpha value is -0.590. The van der Waals surface area contributed by atoms with E-state index in [1.165, 1.54) is 0 Å². The molecule has 1 aliphatic rings. The maximum absolute atomic E-state index is 8.34. The van der Waals surface area contributed by atoms with Crippen molar-refractivity contribution in [2.75, 3.05) is 13.6 Å². The van der Waals surface area contributed by atoms with Gasteiger partial charge >= 0.3 is 0 Å². The van der Waals surface area contributed by atoms with Crippen LogP contribution in [0, 0.1) is 23.8 Å². The molecular formula is C5H8N3. The highest BCUT2D eigenvalue weighted by Gasteiger charge is 2.17. The van der Waals surface area contributed by atoms with Crippen LogP contribution in [-0.4, -0.2) is 18.6 Å². The Balaban J connectivity index is 2.35. The molecule has 1 fully saturated rings. The summed E-state index contributed by atoms with van der Waals surface area (Å²) in [5, 5.41) is 10.1. The van der Waals surface area contributed by atoms with E-state index >= 15 is 0 Å². The Labute approximate surface area is 48.9 Å². The largest absolute Gasteiger partial charge is 0.254 e. The minimum absolute atomic E-state index is 0.0694. The molecule has 1 saturated heterocycles. The third-order valence-electron chi connectivity index (χ3n) is 1.13. The molecule has 1 aliphatic heterocycles. The second-order valence-corrected chi connectivity index (χ2v) is 1.86. The van der Waals surface area contributed by atoms with Gasteiger partial charge in [0.15, 0.2) is 0 Å². The van der Waals surface area contributed by atoms with Crippen LogP contribution in [-0.2, 0) is 0 Å². The molecule has 0 spiro atoms. The predicted molar refractivity (Wildman–Crippen MR) is 29.2 cm³/mol. The van der Waals surface area contributed by atoms with Crippen molar-refractivity contribution in [3.05, 3.63) is 6.54 Å². The minimum Gasteiger partial charge on any atom is -0.254 e. The Kier molecular flexibility index (Phi) is 1.47. The zero-order valence-electron chi connectivity index (χ0n) is 4.76. The van der Waals surface area contributed by atoms with Crippen LogP contribution in [0.25, 0.3) is 0 Å². The van der Waals surface area contributed by atoms with E-state index in [-0.39, 0.29) is 5.92 Å². The molecule has 1 heterocycles. The number of hydrogen-bond acceptors (Lipinski definition) is 3. The predicted octanol–water partition coefficient (Wildman–Crippen LogP) is -0.262. The molecule has 0 aromatic carbocycles. The third-order valence-corrected chi connectivity index (χ3v) is 1.13. The van der Waals surface area contributed by atoms with E-state index in [4.69, 9.17) is 5.26 Å². The Bertz CT molecular complexity index is 115. The summed E-state index contributed by atoms with van der Waals surface area (Å²) in [7, 11) is 1.89. The van der Waals surface area contributed by atoms with Crippen LogP contribution in [0.2, 0.25) is 0 Å². The summed E-state index contributed by atoms with van der Waals surface area (Å²) >= 11 is 0. The van der Waals surface area contributed by atoms with Crippen molar-refractivity contribution < 1.29 is 0 Å². The highest BCUT2D eigenvalue weighted by atomic mass is 15.5. The van der Waals surface area contributed by atoms with Crippen molar-refractivity contribution in [3.63, 3.8) is 0 Å². The van der Waals surface area contributed by atoms with Gasteiger partial charge in [0, 0.05) is 13.6 Å². The molecule has 0 saturated carbocycles. The number of rotatable bonds is 0. The lowest BCUT2D eigenvalue weighted by atomic mass is 10.2. The fraction of sp³-hybridized carbons (Fsp3) is 0.600. The topological polar surface area (TPSA) is 39.1 Å². The molecule has 8 heavy (non-hydrogen) atoms. The van der Waals surface area contributed by atoms with Crippen molar-refractivity contribution in [1.82, 2.24) is 10.4 Å². The molecule has 1 N–H and O–H groups in total. The summed E-state index contributed by atoms with van der Waals surface area (Å²) in [5.74, 6) is 0.0694. The summed E-state index contributed by atoms with van der Waals surface area (Å²) in [6.07, 6.45) is 0. The average molecular weight is 110 g/mol. The van der Waals surface area contributed by atoms with Gasteiger partial charge in [0.25, 0.3) is 0 Å². The molecule has 0 aliphatic carbocycles. The van der Waals surface area contributed by atoms with Gasteiger partial charge in [-0.3, -0.25) is 5.43 Å². The van der Waals surface area contributed by atoms with Crippen molar-refractivity contribution in [3.8, 4) is 6.07 Å². The van der Waals surface area contributed by atoms with E-state index in [1.807, 2.05) is 18.6 Å². The maximum atomic E-state index is 8.34. The average Bonchev–Trinajstić information content (AvgIpc) is 2.14. The third kappa shape index (κ3) is 0.971. The molecule has 1 rings (SSSR count). The van der Waals surface area contributed by atoms with E-state index in [0.29, 0.717) is 0 Å². The Morgan fingerprint density at radius 1 is 2.00 bits per heavy atom. The lowest BCUT2D eigenvalue weighted by Gasteiger charge is -2.02. The van der Waals surface area contributed by atoms with Crippen LogP contribution in [0.3, 0.4) is 0 Å². The standard InChI is InChI=1S/C5H8N3/c1-8-4-5(2-6)3-7-8/h4-5,7H,3H2,1H3. The molecule has 0 bridgehead atoms. The molecule has 3 nitrogen and oxygen atoms in total. The van der Waals surface area contributed by atoms with Gasteiger partial charge in [0.05, 0.1) is 18.5 Å². The summed E-state index contributed by atoms with van der Waals surface area (Å²) in [6.45, 7) is 2.62. The number of hydrazine groups is 1. The summed E-state index contributed by atoms with van der Waals surface area (Å²) in [6, 6.07) is 2.13. The van der Waals surface area contributed by atoms with Crippen LogP contribution >= 0.6 is 0 Å². The molecular weight excluding hydrogens is 102 g/mol. The van der Waals surface area contributed by atoms with Crippen molar-refractivity contribution in [2.24, 2.45) is 5.92 Å². The zero-order chi connectivity index (χ0) is 5.98. The van der Waals surface area contributed by atoms with Crippen LogP contribution in [0.4, 0.5) is 0 Å². The maximum Gasteiger partial charge on any atom is 0.0787 e. The highest BCUT2D eigenvalue weighted by Crippen LogP contribution is 2.06. The summed E-state index contributed by atoms with van der Waals surface area (Å²) in [5.41, 5.74) is 2.98. The van der Waals surface area contributed by atoms with Gasteiger partial charge in [-0.15, -0.1) is 0 Å². The van der Waals surface area contributed by atoms with E-state index in [2.05, 4.69) is 11.5 Å². The smallest absolute Gasteiger partial charge is 0.0787 e. The van der Waals surface area contributed by atoms with Crippen molar-refractivity contribution >= 4 is 0 Å². The van der Waals surface area contributed by atoms with Crippen LogP contribution < -0.4 is 5.43 Å². The van der Waals surface area contributed by atoms with E-state index < -0.39 is 0 Å². The Morgan fingerprint density at radius 2 is 2.75 bits per heavy atom. The first kappa shape index (κ1) is 5.54. The monoisotopic (exact) mass is 110 g/mol. The van der Waals surface area contributed by atoms with E-state index in [9.17, 15) is 0 Å². The van der Waals surface area contributed by atoms with Gasteiger partial charge in [-0.2, -0.15) is 5.26 Å². The normalized spacial score (nSPS) is 30.2. The molecule has 1 atom stereocenters. The molecule has 0 amide bonds. The molecule has 3 heteroatoms. The zero-order valence-corrected chi connectivity index (χ0v) is 4.76. The van der Waals surface area contributed by atoms with E-state index in [0.717, 1.165) is 6.54 Å². The number of nitrogens with zero attached hydrogens (tertiary/aromatic N) is 2. The number of hydrogen-bond donors (Lipinski definition) is 1. The van der Waals surface area contributed by atoms with Gasteiger partial charge in [-0.1, -0.05) is 0 Å². The quantitative estimate of drug-likeness (QED) is 0.467. The van der Waals surface area contributed by atoms with Crippen LogP contribution in [0.1, 0.15) is 0 Å². The van der Waals surface area contributed by atoms with Gasteiger partial charge in [-0.05, 0) is 0 Å². The summed E-state index contributed by atoms with van der Waals surface area (Å²) in [4.78, 5) is 0. The second-order valence-electron chi connectivity index (χ2n) is 1.86. The van der Waals surface area contributed by atoms with Crippen molar-refractivity contribution in [2.45, 2.75) is 0 Å². The fourth-order valence-corrected chi connectivity index (χ4v) is 0.697. The SMILES string of the molecule is CN1[CH]C(C#N)CN1. The summed E-state index contributed by atoms with van der Waals surface area (Å²) < 4.78 is 0. The fourth-order valence-electron chi connectivity index (χ4n) is 0.697. The lowest BCUT2D eigenvalue weighted by Crippen LogP contribution is -2.23. The van der Waals surface area contributed by atoms with Gasteiger partial charge in [0.1, 0.15) is 0 Å². The van der Waals surface area contributed by atoms with Crippen LogP contribution in [0.15, 0.2) is 0 Å². The molecule has 0 aromatic rings. The van der Waals surface area contributed by atoms with Crippen LogP contribution in [0.5, 0.6) is 0 Å². The van der Waals surface area contributed by atoms with E-state index in [1.54, 1.807) is 0 Å². The van der Waals surface area contributed by atoms with Gasteiger partial charge < -0.3 is 0 Å². The molecule has 1 radical (unpaired) electrons. The number of nitriles is 1. The second kappa shape index (κ2) is 2.12. The first-order chi connectivity index (χ1) is 3.83. The van der Waals surface area contributed by atoms with Gasteiger partial charge in [0.2, 0.25) is 0 Å². The minimum atomic E-state index is 0.0694. The molecule has 0 aromatic heterocycles.